The normalized spacial score (nSPS) is 33.2. The molecule has 0 aromatic rings. The summed E-state index contributed by atoms with van der Waals surface area (Å²) in [4.78, 5) is 24.3. The van der Waals surface area contributed by atoms with Crippen LogP contribution in [-0.4, -0.2) is 74.4 Å². The number of methoxy groups -OCH3 is 1. The number of hydrogen-bond donors (Lipinski definition) is 3. The van der Waals surface area contributed by atoms with Gasteiger partial charge in [-0.3, -0.25) is 4.79 Å². The molecule has 3 aliphatic rings. The van der Waals surface area contributed by atoms with E-state index in [0.29, 0.717) is 19.6 Å². The Labute approximate surface area is 203 Å². The van der Waals surface area contributed by atoms with Crippen LogP contribution in [0.2, 0.25) is 0 Å². The molecule has 9 heteroatoms. The van der Waals surface area contributed by atoms with Gasteiger partial charge in [0.2, 0.25) is 5.91 Å². The van der Waals surface area contributed by atoms with E-state index in [-0.39, 0.29) is 48.3 Å². The first-order valence-electron chi connectivity index (χ1n) is 12.5. The maximum atomic E-state index is 12.8. The van der Waals surface area contributed by atoms with E-state index in [2.05, 4.69) is 30.6 Å². The topological polar surface area (TPSA) is 124 Å². The monoisotopic (exact) mass is 481 g/mol. The van der Waals surface area contributed by atoms with Gasteiger partial charge in [0.1, 0.15) is 12.2 Å². The van der Waals surface area contributed by atoms with Crippen molar-refractivity contribution < 1.29 is 28.5 Å². The lowest BCUT2D eigenvalue weighted by Gasteiger charge is -2.47. The number of epoxide rings is 1. The predicted molar refractivity (Wildman–Crippen MR) is 128 cm³/mol. The molecule has 4 N–H and O–H groups in total. The van der Waals surface area contributed by atoms with Crippen LogP contribution in [0.4, 0.5) is 4.79 Å². The van der Waals surface area contributed by atoms with Crippen molar-refractivity contribution in [1.82, 2.24) is 10.6 Å². The molecule has 194 valence electrons. The number of allylic oxidation sites excluding steroid dienone is 1. The third kappa shape index (κ3) is 6.71. The molecular formula is C25H43N3O6. The van der Waals surface area contributed by atoms with Gasteiger partial charge in [-0.1, -0.05) is 11.6 Å². The zero-order chi connectivity index (χ0) is 24.9. The lowest BCUT2D eigenvalue weighted by molar-refractivity contribution is -0.172. The number of alkyl carbamates (subject to hydrolysis) is 1. The zero-order valence-corrected chi connectivity index (χ0v) is 21.4. The first-order chi connectivity index (χ1) is 16.1. The zero-order valence-electron chi connectivity index (χ0n) is 21.4. The number of nitrogens with two attached hydrogens (primary N) is 1. The molecule has 34 heavy (non-hydrogen) atoms. The fourth-order valence-corrected chi connectivity index (χ4v) is 5.60. The molecule has 0 radical (unpaired) electrons. The van der Waals surface area contributed by atoms with E-state index in [1.807, 2.05) is 13.8 Å². The quantitative estimate of drug-likeness (QED) is 0.341. The van der Waals surface area contributed by atoms with Crippen LogP contribution in [0, 0.1) is 5.92 Å². The van der Waals surface area contributed by atoms with Crippen molar-refractivity contribution in [3.63, 3.8) is 0 Å². The average molecular weight is 482 g/mol. The second kappa shape index (κ2) is 11.4. The van der Waals surface area contributed by atoms with Crippen molar-refractivity contribution in [3.05, 3.63) is 11.6 Å². The number of hydrogen-bond acceptors (Lipinski definition) is 7. The highest BCUT2D eigenvalue weighted by atomic mass is 16.6. The summed E-state index contributed by atoms with van der Waals surface area (Å²) in [5, 5.41) is 5.93. The highest BCUT2D eigenvalue weighted by Gasteiger charge is 2.64. The van der Waals surface area contributed by atoms with Crippen LogP contribution < -0.4 is 16.4 Å². The van der Waals surface area contributed by atoms with Crippen LogP contribution in [0.5, 0.6) is 0 Å². The molecule has 1 heterocycles. The molecular weight excluding hydrogens is 438 g/mol. The van der Waals surface area contributed by atoms with E-state index < -0.39 is 11.7 Å². The first-order valence-corrected chi connectivity index (χ1v) is 12.5. The van der Waals surface area contributed by atoms with Gasteiger partial charge >= 0.3 is 6.09 Å². The summed E-state index contributed by atoms with van der Waals surface area (Å²) in [5.41, 5.74) is 5.78. The Hall–Kier alpha value is -1.68. The van der Waals surface area contributed by atoms with Gasteiger partial charge in [0, 0.05) is 25.1 Å². The minimum absolute atomic E-state index is 0.00330. The van der Waals surface area contributed by atoms with Crippen molar-refractivity contribution in [1.29, 1.82) is 0 Å². The molecule has 9 nitrogen and oxygen atoms in total. The number of ether oxygens (including phenoxy) is 4. The van der Waals surface area contributed by atoms with Crippen molar-refractivity contribution in [3.8, 4) is 0 Å². The maximum Gasteiger partial charge on any atom is 0.407 e. The second-order valence-electron chi connectivity index (χ2n) is 10.7. The van der Waals surface area contributed by atoms with E-state index in [4.69, 9.17) is 24.7 Å². The third-order valence-electron chi connectivity index (χ3n) is 7.46. The van der Waals surface area contributed by atoms with E-state index in [1.165, 1.54) is 5.57 Å². The molecule has 4 atom stereocenters. The van der Waals surface area contributed by atoms with Gasteiger partial charge in [-0.15, -0.1) is 0 Å². The molecule has 0 bridgehead atoms. The summed E-state index contributed by atoms with van der Waals surface area (Å²) in [5.74, 6) is -0.206. The van der Waals surface area contributed by atoms with Gasteiger partial charge in [0.25, 0.3) is 0 Å². The van der Waals surface area contributed by atoms with Crippen LogP contribution in [0.25, 0.3) is 0 Å². The minimum atomic E-state index is -0.520. The number of nitrogens with one attached hydrogen (secondary N) is 2. The summed E-state index contributed by atoms with van der Waals surface area (Å²) < 4.78 is 24.1. The fourth-order valence-electron chi connectivity index (χ4n) is 5.60. The standard InChI is InChI=1S/C25H43N3O6/c1-16(2)11-13-32-24(3,4)22-21(31-5)19(10-12-25(22)15-33-25)34-23(30)28-18-8-6-17(7-9-18)27-20(29)14-26/h11,17-19,21-22H,6-10,12-15,26H2,1-5H3,(H,27,29)(H,28,30)/t17-,18-,19?,21?,22?,25-/m0/s1. The summed E-state index contributed by atoms with van der Waals surface area (Å²) in [6.45, 7) is 9.41. The minimum Gasteiger partial charge on any atom is -0.443 e. The Kier molecular flexibility index (Phi) is 9.00. The molecule has 2 saturated carbocycles. The van der Waals surface area contributed by atoms with Crippen molar-refractivity contribution in [2.24, 2.45) is 11.7 Å². The van der Waals surface area contributed by atoms with E-state index in [0.717, 1.165) is 32.1 Å². The average Bonchev–Trinajstić information content (AvgIpc) is 3.55. The van der Waals surface area contributed by atoms with Gasteiger partial charge in [0.05, 0.1) is 31.0 Å². The van der Waals surface area contributed by atoms with Gasteiger partial charge in [-0.2, -0.15) is 0 Å². The van der Waals surface area contributed by atoms with Crippen LogP contribution in [0.3, 0.4) is 0 Å². The lowest BCUT2D eigenvalue weighted by atomic mass is 9.68. The molecule has 0 aromatic heterocycles. The Morgan fingerprint density at radius 2 is 1.74 bits per heavy atom. The number of carbonyl (C=O) groups is 2. The Morgan fingerprint density at radius 3 is 2.26 bits per heavy atom. The van der Waals surface area contributed by atoms with E-state index >= 15 is 0 Å². The fraction of sp³-hybridized carbons (Fsp3) is 0.840. The Bertz CT molecular complexity index is 739. The van der Waals surface area contributed by atoms with E-state index in [1.54, 1.807) is 7.11 Å². The smallest absolute Gasteiger partial charge is 0.407 e. The molecule has 3 rings (SSSR count). The highest BCUT2D eigenvalue weighted by molar-refractivity contribution is 5.78. The Morgan fingerprint density at radius 1 is 1.12 bits per heavy atom. The molecule has 2 amide bonds. The van der Waals surface area contributed by atoms with Crippen LogP contribution in [0.1, 0.15) is 66.2 Å². The summed E-state index contributed by atoms with van der Waals surface area (Å²) >= 11 is 0. The number of carbonyl (C=O) groups excluding carboxylic acids is 2. The molecule has 1 spiro atoms. The molecule has 1 aliphatic heterocycles. The molecule has 3 fully saturated rings. The summed E-state index contributed by atoms with van der Waals surface area (Å²) in [6.07, 6.45) is 5.60. The van der Waals surface area contributed by atoms with Crippen LogP contribution >= 0.6 is 0 Å². The lowest BCUT2D eigenvalue weighted by Crippen LogP contribution is -2.59. The van der Waals surface area contributed by atoms with Crippen molar-refractivity contribution >= 4 is 12.0 Å². The number of amides is 2. The Balaban J connectivity index is 1.56. The maximum absolute atomic E-state index is 12.8. The summed E-state index contributed by atoms with van der Waals surface area (Å²) in [7, 11) is 1.66. The van der Waals surface area contributed by atoms with Crippen molar-refractivity contribution in [2.45, 2.75) is 102 Å². The van der Waals surface area contributed by atoms with Gasteiger partial charge < -0.3 is 35.3 Å². The van der Waals surface area contributed by atoms with Crippen molar-refractivity contribution in [2.75, 3.05) is 26.9 Å². The highest BCUT2D eigenvalue weighted by Crippen LogP contribution is 2.52. The first kappa shape index (κ1) is 26.9. The number of rotatable bonds is 9. The molecule has 2 aliphatic carbocycles. The largest absolute Gasteiger partial charge is 0.443 e. The van der Waals surface area contributed by atoms with E-state index in [9.17, 15) is 9.59 Å². The van der Waals surface area contributed by atoms with Gasteiger partial charge in [-0.05, 0) is 66.2 Å². The third-order valence-corrected chi connectivity index (χ3v) is 7.46. The van der Waals surface area contributed by atoms with Gasteiger partial charge in [0.15, 0.2) is 0 Å². The molecule has 0 aromatic carbocycles. The SMILES string of the molecule is COC1C(OC(=O)N[C@H]2CC[C@H](NC(=O)CN)CC2)CC[C@]2(CO2)C1C(C)(C)OCC=C(C)C. The predicted octanol–water partition coefficient (Wildman–Crippen LogP) is 2.42. The summed E-state index contributed by atoms with van der Waals surface area (Å²) in [6, 6.07) is 0.145. The molecule has 3 unspecified atom stereocenters. The van der Waals surface area contributed by atoms with Crippen LogP contribution in [0.15, 0.2) is 11.6 Å². The van der Waals surface area contributed by atoms with Gasteiger partial charge in [-0.25, -0.2) is 4.79 Å². The molecule has 1 saturated heterocycles. The van der Waals surface area contributed by atoms with Crippen LogP contribution in [-0.2, 0) is 23.7 Å². The second-order valence-corrected chi connectivity index (χ2v) is 10.7.